The van der Waals surface area contributed by atoms with Crippen LogP contribution in [0.1, 0.15) is 47.2 Å². The van der Waals surface area contributed by atoms with Gasteiger partial charge in [-0.15, -0.1) is 0 Å². The molecule has 70 heavy (non-hydrogen) atoms. The summed E-state index contributed by atoms with van der Waals surface area (Å²) >= 11 is 0. The van der Waals surface area contributed by atoms with Crippen LogP contribution in [0.4, 0.5) is 17.1 Å². The molecule has 2 aliphatic carbocycles. The molecule has 4 heterocycles. The Hall–Kier alpha value is -8.72. The number of para-hydroxylation sites is 1. The Bertz CT molecular complexity index is 4250. The van der Waals surface area contributed by atoms with Crippen molar-refractivity contribution in [3.8, 4) is 61.3 Å². The van der Waals surface area contributed by atoms with Gasteiger partial charge in [-0.2, -0.15) is 0 Å². The van der Waals surface area contributed by atoms with Crippen molar-refractivity contribution in [2.24, 2.45) is 0 Å². The lowest BCUT2D eigenvalue weighted by Gasteiger charge is -2.31. The summed E-state index contributed by atoms with van der Waals surface area (Å²) in [4.78, 5) is 2.46. The summed E-state index contributed by atoms with van der Waals surface area (Å²) in [5.74, 6) is 0. The Kier molecular flexibility index (Phi) is 7.38. The fourth-order valence-corrected chi connectivity index (χ4v) is 13.6. The van der Waals surface area contributed by atoms with Crippen LogP contribution < -0.4 is 4.90 Å². The van der Waals surface area contributed by atoms with Crippen LogP contribution >= 0.6 is 0 Å². The average molecular weight is 889 g/mol. The van der Waals surface area contributed by atoms with E-state index in [0.717, 1.165) is 17.1 Å². The molecule has 2 nitrogen and oxygen atoms in total. The Morgan fingerprint density at radius 1 is 0.329 bits per heavy atom. The summed E-state index contributed by atoms with van der Waals surface area (Å²) in [7, 11) is 0. The molecule has 0 amide bonds. The molecule has 0 N–H and O–H groups in total. The Morgan fingerprint density at radius 3 is 1.89 bits per heavy atom. The van der Waals surface area contributed by atoms with Crippen molar-refractivity contribution in [3.05, 3.63) is 264 Å². The first-order valence-corrected chi connectivity index (χ1v) is 24.7. The molecule has 0 saturated carbocycles. The zero-order valence-electron chi connectivity index (χ0n) is 38.8. The van der Waals surface area contributed by atoms with Gasteiger partial charge in [0.15, 0.2) is 0 Å². The standard InChI is InChI=1S/C68H44N2/c1-67(45-17-7-4-8-18-45)60-34-32-53-52-20-10-12-23-62(52)70-63-35-27-46-38-56(63)57-36-44(37-61(67)64(57)65(60)66(53)70)50-21-13-16-43-26-30-48(39-54(43)50)69(47-28-24-42(25-29-47)41-14-5-3-6-15-41)49-31-33-59-55(40-49)51-19-9-11-22-58(51)68(46,59)2/h3-40H,1-2H3. The first kappa shape index (κ1) is 38.3. The zero-order valence-corrected chi connectivity index (χ0v) is 38.8. The number of aromatic nitrogens is 1. The highest BCUT2D eigenvalue weighted by Gasteiger charge is 2.47. The smallest absolute Gasteiger partial charge is 0.0623 e. The van der Waals surface area contributed by atoms with Crippen molar-refractivity contribution in [2.45, 2.75) is 24.7 Å². The molecule has 326 valence electrons. The van der Waals surface area contributed by atoms with E-state index in [1.54, 1.807) is 0 Å². The van der Waals surface area contributed by atoms with Gasteiger partial charge in [0.05, 0.1) is 16.7 Å². The molecule has 2 atom stereocenters. The van der Waals surface area contributed by atoms with E-state index < -0.39 is 10.8 Å². The van der Waals surface area contributed by atoms with Gasteiger partial charge in [-0.1, -0.05) is 164 Å². The largest absolute Gasteiger partial charge is 0.310 e. The van der Waals surface area contributed by atoms with Crippen LogP contribution in [0, 0.1) is 0 Å². The molecule has 0 fully saturated rings. The maximum absolute atomic E-state index is 2.61. The van der Waals surface area contributed by atoms with Crippen molar-refractivity contribution in [3.63, 3.8) is 0 Å². The minimum Gasteiger partial charge on any atom is -0.310 e. The van der Waals surface area contributed by atoms with E-state index in [4.69, 9.17) is 0 Å². The molecule has 17 rings (SSSR count). The number of nitrogens with zero attached hydrogens (tertiary/aromatic N) is 2. The summed E-state index contributed by atoms with van der Waals surface area (Å²) in [5, 5.41) is 5.02. The minimum absolute atomic E-state index is 0.424. The highest BCUT2D eigenvalue weighted by molar-refractivity contribution is 6.19. The first-order valence-electron chi connectivity index (χ1n) is 24.7. The van der Waals surface area contributed by atoms with Gasteiger partial charge in [0, 0.05) is 49.8 Å². The van der Waals surface area contributed by atoms with E-state index >= 15 is 0 Å². The van der Waals surface area contributed by atoms with Crippen LogP contribution in [0.5, 0.6) is 0 Å². The fourth-order valence-electron chi connectivity index (χ4n) is 13.6. The number of benzene rings is 11. The molecule has 12 aromatic rings. The monoisotopic (exact) mass is 888 g/mol. The van der Waals surface area contributed by atoms with Gasteiger partial charge in [-0.3, -0.25) is 0 Å². The van der Waals surface area contributed by atoms with Gasteiger partial charge in [0.2, 0.25) is 0 Å². The topological polar surface area (TPSA) is 8.17 Å². The predicted octanol–water partition coefficient (Wildman–Crippen LogP) is 17.7. The van der Waals surface area contributed by atoms with Crippen LogP contribution in [0.3, 0.4) is 0 Å². The predicted molar refractivity (Wildman–Crippen MR) is 291 cm³/mol. The molecule has 3 aliphatic heterocycles. The highest BCUT2D eigenvalue weighted by atomic mass is 15.1. The van der Waals surface area contributed by atoms with Crippen LogP contribution in [-0.2, 0) is 10.8 Å². The number of anilines is 3. The van der Waals surface area contributed by atoms with Crippen LogP contribution in [-0.4, -0.2) is 4.57 Å². The van der Waals surface area contributed by atoms with E-state index in [0.29, 0.717) is 0 Å². The van der Waals surface area contributed by atoms with Crippen LogP contribution in [0.15, 0.2) is 231 Å². The fraction of sp³-hybridized carbons (Fsp3) is 0.0588. The van der Waals surface area contributed by atoms with Crippen LogP contribution in [0.25, 0.3) is 93.9 Å². The number of fused-ring (bicyclic) bond motifs is 6. The molecule has 5 aliphatic rings. The molecular formula is C68H44N2. The quantitative estimate of drug-likeness (QED) is 0.172. The third-order valence-corrected chi connectivity index (χ3v) is 17.0. The SMILES string of the molecule is CC12c3ccc4c(c3)-c3cc(cc5c3-c3c(ccc6c7ccccc7n-4c36)C5(C)c3ccccc3)-c3cccc4ccc(cc34)N(c3ccc(-c4ccccc4)cc3)c3ccc1c(c3)-c1ccccc12. The second-order valence-corrected chi connectivity index (χ2v) is 20.3. The Balaban J connectivity index is 1.06. The van der Waals surface area contributed by atoms with Crippen molar-refractivity contribution in [1.82, 2.24) is 4.57 Å². The third-order valence-electron chi connectivity index (χ3n) is 17.0. The third kappa shape index (κ3) is 4.78. The van der Waals surface area contributed by atoms with Crippen molar-refractivity contribution >= 4 is 49.6 Å². The van der Waals surface area contributed by atoms with E-state index in [-0.39, 0.29) is 0 Å². The maximum atomic E-state index is 2.61. The molecule has 0 saturated heterocycles. The van der Waals surface area contributed by atoms with E-state index in [9.17, 15) is 0 Å². The second kappa shape index (κ2) is 13.5. The molecule has 0 spiro atoms. The van der Waals surface area contributed by atoms with Crippen molar-refractivity contribution in [1.29, 1.82) is 0 Å². The molecule has 2 heteroatoms. The van der Waals surface area contributed by atoms with E-state index in [2.05, 4.69) is 254 Å². The molecular weight excluding hydrogens is 845 g/mol. The molecule has 1 aromatic heterocycles. The molecule has 11 aromatic carbocycles. The highest BCUT2D eigenvalue weighted by Crippen LogP contribution is 2.62. The normalized spacial score (nSPS) is 17.4. The Morgan fingerprint density at radius 2 is 1.01 bits per heavy atom. The maximum Gasteiger partial charge on any atom is 0.0623 e. The van der Waals surface area contributed by atoms with Crippen molar-refractivity contribution in [2.75, 3.05) is 4.90 Å². The van der Waals surface area contributed by atoms with Gasteiger partial charge >= 0.3 is 0 Å². The number of rotatable bonds is 3. The summed E-state index contributed by atoms with van der Waals surface area (Å²) in [6.45, 7) is 4.94. The lowest BCUT2D eigenvalue weighted by molar-refractivity contribution is 0.713. The van der Waals surface area contributed by atoms with E-state index in [1.165, 1.54) is 127 Å². The lowest BCUT2D eigenvalue weighted by atomic mass is 9.72. The van der Waals surface area contributed by atoms with Gasteiger partial charge < -0.3 is 9.47 Å². The van der Waals surface area contributed by atoms with Crippen molar-refractivity contribution < 1.29 is 0 Å². The van der Waals surface area contributed by atoms with Gasteiger partial charge in [-0.05, 0) is 169 Å². The Labute approximate surface area is 407 Å². The number of hydrogen-bond donors (Lipinski definition) is 0. The first-order chi connectivity index (χ1) is 34.5. The van der Waals surface area contributed by atoms with Gasteiger partial charge in [-0.25, -0.2) is 0 Å². The second-order valence-electron chi connectivity index (χ2n) is 20.3. The lowest BCUT2D eigenvalue weighted by Crippen LogP contribution is -2.23. The van der Waals surface area contributed by atoms with Crippen LogP contribution in [0.2, 0.25) is 0 Å². The summed E-state index contributed by atoms with van der Waals surface area (Å²) in [5.41, 5.74) is 26.9. The zero-order chi connectivity index (χ0) is 46.0. The van der Waals surface area contributed by atoms with Gasteiger partial charge in [0.1, 0.15) is 0 Å². The van der Waals surface area contributed by atoms with E-state index in [1.807, 2.05) is 0 Å². The number of hydrogen-bond acceptors (Lipinski definition) is 1. The molecule has 2 unspecified atom stereocenters. The summed E-state index contributed by atoms with van der Waals surface area (Å²) < 4.78 is 2.61. The molecule has 10 bridgehead atoms. The average Bonchev–Trinajstić information content (AvgIpc) is 3.96. The molecule has 0 radical (unpaired) electrons. The van der Waals surface area contributed by atoms with Gasteiger partial charge in [0.25, 0.3) is 0 Å². The summed E-state index contributed by atoms with van der Waals surface area (Å²) in [6, 6.07) is 87.9. The summed E-state index contributed by atoms with van der Waals surface area (Å²) in [6.07, 6.45) is 0. The minimum atomic E-state index is -0.429.